The quantitative estimate of drug-likeness (QED) is 0.841. The van der Waals surface area contributed by atoms with Crippen LogP contribution in [-0.4, -0.2) is 36.0 Å². The first kappa shape index (κ1) is 12.7. The van der Waals surface area contributed by atoms with Crippen molar-refractivity contribution < 1.29 is 9.21 Å². The molecule has 0 saturated carbocycles. The lowest BCUT2D eigenvalue weighted by Crippen LogP contribution is -2.47. The highest BCUT2D eigenvalue weighted by molar-refractivity contribution is 5.96. The van der Waals surface area contributed by atoms with E-state index < -0.39 is 0 Å². The second-order valence-corrected chi connectivity index (χ2v) is 6.42. The third kappa shape index (κ3) is 1.81. The third-order valence-corrected chi connectivity index (χ3v) is 4.88. The van der Waals surface area contributed by atoms with Gasteiger partial charge in [0.15, 0.2) is 0 Å². The molecular formula is C15H22N2O2. The number of carbonyl (C=O) groups is 1. The Bertz CT molecular complexity index is 518. The smallest absolute Gasteiger partial charge is 0.257 e. The van der Waals surface area contributed by atoms with Gasteiger partial charge in [-0.25, -0.2) is 0 Å². The van der Waals surface area contributed by atoms with E-state index in [4.69, 9.17) is 4.42 Å². The van der Waals surface area contributed by atoms with Crippen LogP contribution in [0.5, 0.6) is 0 Å². The molecular weight excluding hydrogens is 240 g/mol. The zero-order valence-electron chi connectivity index (χ0n) is 12.1. The number of hydrogen-bond donors (Lipinski definition) is 1. The Morgan fingerprint density at radius 2 is 2.16 bits per heavy atom. The molecule has 2 fully saturated rings. The van der Waals surface area contributed by atoms with E-state index in [9.17, 15) is 4.79 Å². The van der Waals surface area contributed by atoms with Crippen molar-refractivity contribution in [1.82, 2.24) is 10.2 Å². The SMILES string of the molecule is Cc1cc(C(=O)N2CC3CNCC3C2(C)C)c(C)o1. The first-order chi connectivity index (χ1) is 8.91. The first-order valence-electron chi connectivity index (χ1n) is 7.01. The van der Waals surface area contributed by atoms with Crippen molar-refractivity contribution in [2.45, 2.75) is 33.2 Å². The summed E-state index contributed by atoms with van der Waals surface area (Å²) < 4.78 is 5.50. The van der Waals surface area contributed by atoms with Crippen LogP contribution < -0.4 is 5.32 Å². The molecule has 4 heteroatoms. The molecule has 4 nitrogen and oxygen atoms in total. The summed E-state index contributed by atoms with van der Waals surface area (Å²) in [6.45, 7) is 11.0. The summed E-state index contributed by atoms with van der Waals surface area (Å²) in [6, 6.07) is 1.86. The van der Waals surface area contributed by atoms with Gasteiger partial charge in [-0.1, -0.05) is 0 Å². The van der Waals surface area contributed by atoms with Gasteiger partial charge in [0.1, 0.15) is 11.5 Å². The lowest BCUT2D eigenvalue weighted by molar-refractivity contribution is 0.0601. The predicted octanol–water partition coefficient (Wildman–Crippen LogP) is 1.97. The van der Waals surface area contributed by atoms with Gasteiger partial charge in [-0.15, -0.1) is 0 Å². The number of nitrogens with zero attached hydrogens (tertiary/aromatic N) is 1. The van der Waals surface area contributed by atoms with E-state index in [0.717, 1.165) is 36.7 Å². The van der Waals surface area contributed by atoms with Crippen molar-refractivity contribution in [3.05, 3.63) is 23.2 Å². The molecule has 2 unspecified atom stereocenters. The van der Waals surface area contributed by atoms with Gasteiger partial charge in [-0.05, 0) is 45.6 Å². The van der Waals surface area contributed by atoms with Crippen LogP contribution in [0.1, 0.15) is 35.7 Å². The zero-order chi connectivity index (χ0) is 13.8. The largest absolute Gasteiger partial charge is 0.466 e. The minimum atomic E-state index is -0.0805. The van der Waals surface area contributed by atoms with Crippen LogP contribution in [0.15, 0.2) is 10.5 Å². The van der Waals surface area contributed by atoms with Gasteiger partial charge in [-0.2, -0.15) is 0 Å². The number of amides is 1. The van der Waals surface area contributed by atoms with E-state index in [1.54, 1.807) is 0 Å². The van der Waals surface area contributed by atoms with Crippen LogP contribution in [0.4, 0.5) is 0 Å². The summed E-state index contributed by atoms with van der Waals surface area (Å²) in [5, 5.41) is 3.44. The molecule has 104 valence electrons. The van der Waals surface area contributed by atoms with E-state index >= 15 is 0 Å². The zero-order valence-corrected chi connectivity index (χ0v) is 12.1. The monoisotopic (exact) mass is 262 g/mol. The molecule has 1 N–H and O–H groups in total. The van der Waals surface area contributed by atoms with Gasteiger partial charge >= 0.3 is 0 Å². The van der Waals surface area contributed by atoms with Crippen LogP contribution in [0.2, 0.25) is 0 Å². The summed E-state index contributed by atoms with van der Waals surface area (Å²) in [6.07, 6.45) is 0. The second-order valence-electron chi connectivity index (χ2n) is 6.42. The van der Waals surface area contributed by atoms with Crippen molar-refractivity contribution in [1.29, 1.82) is 0 Å². The molecule has 19 heavy (non-hydrogen) atoms. The maximum absolute atomic E-state index is 12.8. The average Bonchev–Trinajstić information content (AvgIpc) is 2.96. The molecule has 1 aromatic heterocycles. The molecule has 3 rings (SSSR count). The molecule has 3 heterocycles. The standard InChI is InChI=1S/C15H22N2O2/c1-9-5-12(10(2)19-9)14(18)17-8-11-6-16-7-13(11)15(17,3)4/h5,11,13,16H,6-8H2,1-4H3. The fourth-order valence-electron chi connectivity index (χ4n) is 3.75. The summed E-state index contributed by atoms with van der Waals surface area (Å²) >= 11 is 0. The molecule has 0 aromatic carbocycles. The minimum absolute atomic E-state index is 0.0805. The molecule has 1 aromatic rings. The van der Waals surface area contributed by atoms with Gasteiger partial charge in [0.25, 0.3) is 5.91 Å². The lowest BCUT2D eigenvalue weighted by atomic mass is 9.84. The topological polar surface area (TPSA) is 45.5 Å². The Kier molecular flexibility index (Phi) is 2.75. The highest BCUT2D eigenvalue weighted by Gasteiger charge is 2.51. The van der Waals surface area contributed by atoms with E-state index in [0.29, 0.717) is 11.8 Å². The predicted molar refractivity (Wildman–Crippen MR) is 73.1 cm³/mol. The Labute approximate surface area is 114 Å². The Balaban J connectivity index is 1.91. The molecule has 2 aliphatic heterocycles. The van der Waals surface area contributed by atoms with Crippen LogP contribution in [0, 0.1) is 25.7 Å². The summed E-state index contributed by atoms with van der Waals surface area (Å²) in [5.74, 6) is 2.80. The van der Waals surface area contributed by atoms with Crippen LogP contribution in [0.3, 0.4) is 0 Å². The molecule has 2 aliphatic rings. The van der Waals surface area contributed by atoms with E-state index in [2.05, 4.69) is 19.2 Å². The first-order valence-corrected chi connectivity index (χ1v) is 7.01. The molecule has 2 atom stereocenters. The fraction of sp³-hybridized carbons (Fsp3) is 0.667. The summed E-state index contributed by atoms with van der Waals surface area (Å²) in [4.78, 5) is 14.8. The summed E-state index contributed by atoms with van der Waals surface area (Å²) in [7, 11) is 0. The Hall–Kier alpha value is -1.29. The molecule has 0 aliphatic carbocycles. The number of carbonyl (C=O) groups excluding carboxylic acids is 1. The highest BCUT2D eigenvalue weighted by Crippen LogP contribution is 2.41. The van der Waals surface area contributed by atoms with Crippen molar-refractivity contribution >= 4 is 5.91 Å². The normalized spacial score (nSPS) is 28.7. The van der Waals surface area contributed by atoms with Gasteiger partial charge in [0.2, 0.25) is 0 Å². The number of aryl methyl sites for hydroxylation is 2. The molecule has 2 saturated heterocycles. The Morgan fingerprint density at radius 1 is 1.42 bits per heavy atom. The van der Waals surface area contributed by atoms with Crippen molar-refractivity contribution in [2.24, 2.45) is 11.8 Å². The molecule has 0 radical (unpaired) electrons. The molecule has 0 bridgehead atoms. The van der Waals surface area contributed by atoms with Gasteiger partial charge in [-0.3, -0.25) is 4.79 Å². The van der Waals surface area contributed by atoms with Crippen molar-refractivity contribution in [3.8, 4) is 0 Å². The number of nitrogens with one attached hydrogen (secondary N) is 1. The Morgan fingerprint density at radius 3 is 2.74 bits per heavy atom. The third-order valence-electron chi connectivity index (χ3n) is 4.88. The van der Waals surface area contributed by atoms with E-state index in [-0.39, 0.29) is 11.4 Å². The number of likely N-dealkylation sites (tertiary alicyclic amines) is 1. The maximum atomic E-state index is 12.8. The fourth-order valence-corrected chi connectivity index (χ4v) is 3.75. The van der Waals surface area contributed by atoms with Crippen LogP contribution in [-0.2, 0) is 0 Å². The highest BCUT2D eigenvalue weighted by atomic mass is 16.3. The second kappa shape index (κ2) is 4.10. The van der Waals surface area contributed by atoms with Crippen molar-refractivity contribution in [2.75, 3.05) is 19.6 Å². The van der Waals surface area contributed by atoms with E-state index in [1.807, 2.05) is 24.8 Å². The minimum Gasteiger partial charge on any atom is -0.466 e. The number of furan rings is 1. The number of fused-ring (bicyclic) bond motifs is 1. The maximum Gasteiger partial charge on any atom is 0.257 e. The average molecular weight is 262 g/mol. The van der Waals surface area contributed by atoms with Crippen molar-refractivity contribution in [3.63, 3.8) is 0 Å². The van der Waals surface area contributed by atoms with Crippen LogP contribution in [0.25, 0.3) is 0 Å². The van der Waals surface area contributed by atoms with Gasteiger partial charge in [0.05, 0.1) is 5.56 Å². The summed E-state index contributed by atoms with van der Waals surface area (Å²) in [5.41, 5.74) is 0.640. The number of rotatable bonds is 1. The molecule has 0 spiro atoms. The number of hydrogen-bond acceptors (Lipinski definition) is 3. The molecule has 1 amide bonds. The van der Waals surface area contributed by atoms with Crippen LogP contribution >= 0.6 is 0 Å². The van der Waals surface area contributed by atoms with Gasteiger partial charge in [0, 0.05) is 25.2 Å². The lowest BCUT2D eigenvalue weighted by Gasteiger charge is -2.35. The van der Waals surface area contributed by atoms with Gasteiger partial charge < -0.3 is 14.6 Å². The van der Waals surface area contributed by atoms with E-state index in [1.165, 1.54) is 0 Å².